The molecule has 1 aromatic heterocycles. The van der Waals surface area contributed by atoms with Crippen molar-refractivity contribution in [2.24, 2.45) is 0 Å². The fourth-order valence-corrected chi connectivity index (χ4v) is 3.95. The average Bonchev–Trinajstić information content (AvgIpc) is 3.22. The molecule has 1 amide bonds. The zero-order chi connectivity index (χ0) is 23.8. The Morgan fingerprint density at radius 1 is 1.18 bits per heavy atom. The number of para-hydroxylation sites is 1. The molecular weight excluding hydrogens is 461 g/mol. The highest BCUT2D eigenvalue weighted by Gasteiger charge is 2.47. The monoisotopic (exact) mass is 480 g/mol. The van der Waals surface area contributed by atoms with Gasteiger partial charge in [-0.3, -0.25) is 4.79 Å². The summed E-state index contributed by atoms with van der Waals surface area (Å²) >= 11 is 6.09. The Hall–Kier alpha value is -3.40. The third kappa shape index (κ3) is 4.43. The van der Waals surface area contributed by atoms with Gasteiger partial charge in [0.1, 0.15) is 11.4 Å². The molecule has 2 heterocycles. The van der Waals surface area contributed by atoms with Gasteiger partial charge in [-0.15, -0.1) is 0 Å². The van der Waals surface area contributed by atoms with Crippen molar-refractivity contribution in [3.05, 3.63) is 64.8 Å². The number of ether oxygens (including phenoxy) is 2. The highest BCUT2D eigenvalue weighted by atomic mass is 35.5. The molecule has 1 aliphatic heterocycles. The number of fused-ring (bicyclic) bond motifs is 1. The first kappa shape index (κ1) is 22.8. The maximum absolute atomic E-state index is 13.9. The first-order valence-corrected chi connectivity index (χ1v) is 10.3. The summed E-state index contributed by atoms with van der Waals surface area (Å²) in [6.45, 7) is 0. The van der Waals surface area contributed by atoms with E-state index in [4.69, 9.17) is 21.1 Å². The lowest BCUT2D eigenvalue weighted by atomic mass is 9.96. The number of carbonyl (C=O) groups excluding carboxylic acids is 1. The number of halogens is 4. The Morgan fingerprint density at radius 3 is 2.58 bits per heavy atom. The molecule has 1 aliphatic rings. The van der Waals surface area contributed by atoms with Gasteiger partial charge in [-0.25, -0.2) is 4.68 Å². The quantitative estimate of drug-likeness (QED) is 0.506. The third-order valence-electron chi connectivity index (χ3n) is 5.42. The number of hydrogen-bond acceptors (Lipinski definition) is 5. The Morgan fingerprint density at radius 2 is 1.91 bits per heavy atom. The smallest absolute Gasteiger partial charge is 0.410 e. The highest BCUT2D eigenvalue weighted by Crippen LogP contribution is 2.45. The molecule has 2 aromatic carbocycles. The van der Waals surface area contributed by atoms with Crippen LogP contribution in [-0.2, 0) is 0 Å². The Kier molecular flexibility index (Phi) is 6.11. The summed E-state index contributed by atoms with van der Waals surface area (Å²) < 4.78 is 53.1. The second-order valence-corrected chi connectivity index (χ2v) is 7.80. The molecule has 0 spiro atoms. The van der Waals surface area contributed by atoms with Crippen molar-refractivity contribution >= 4 is 29.0 Å². The van der Waals surface area contributed by atoms with Crippen LogP contribution in [0, 0.1) is 0 Å². The van der Waals surface area contributed by atoms with Gasteiger partial charge in [0.15, 0.2) is 17.5 Å². The van der Waals surface area contributed by atoms with Crippen LogP contribution in [0.4, 0.5) is 24.7 Å². The van der Waals surface area contributed by atoms with Gasteiger partial charge in [0.25, 0.3) is 5.91 Å². The highest BCUT2D eigenvalue weighted by molar-refractivity contribution is 6.34. The summed E-state index contributed by atoms with van der Waals surface area (Å²) in [4.78, 5) is 12.9. The van der Waals surface area contributed by atoms with E-state index in [1.54, 1.807) is 42.5 Å². The lowest BCUT2D eigenvalue weighted by molar-refractivity contribution is -0.173. The summed E-state index contributed by atoms with van der Waals surface area (Å²) in [5, 5.41) is 9.84. The number of rotatable bonds is 5. The van der Waals surface area contributed by atoms with Crippen molar-refractivity contribution in [1.82, 2.24) is 9.78 Å². The topological polar surface area (TPSA) is 77.4 Å². The molecular formula is C22H20ClF3N4O3. The third-order valence-corrected chi connectivity index (χ3v) is 5.74. The normalized spacial score (nSPS) is 17.6. The molecule has 4 rings (SSSR count). The minimum absolute atomic E-state index is 0.0330. The zero-order valence-corrected chi connectivity index (χ0v) is 18.4. The van der Waals surface area contributed by atoms with Crippen LogP contribution >= 0.6 is 11.6 Å². The summed E-state index contributed by atoms with van der Waals surface area (Å²) in [6, 6.07) is 8.77. The van der Waals surface area contributed by atoms with Crippen LogP contribution in [0.1, 0.15) is 34.4 Å². The van der Waals surface area contributed by atoms with E-state index >= 15 is 0 Å². The summed E-state index contributed by atoms with van der Waals surface area (Å²) in [7, 11) is 2.92. The van der Waals surface area contributed by atoms with Crippen LogP contribution < -0.4 is 20.1 Å². The number of nitrogens with zero attached hydrogens (tertiary/aromatic N) is 2. The van der Waals surface area contributed by atoms with E-state index in [1.807, 2.05) is 0 Å². The zero-order valence-electron chi connectivity index (χ0n) is 17.6. The lowest BCUT2D eigenvalue weighted by Crippen LogP contribution is -2.36. The molecule has 3 aromatic rings. The molecule has 0 radical (unpaired) electrons. The van der Waals surface area contributed by atoms with Crippen molar-refractivity contribution < 1.29 is 27.4 Å². The summed E-state index contributed by atoms with van der Waals surface area (Å²) in [5.41, 5.74) is 0.852. The number of nitrogens with one attached hydrogen (secondary N) is 2. The van der Waals surface area contributed by atoms with Gasteiger partial charge in [-0.2, -0.15) is 18.3 Å². The van der Waals surface area contributed by atoms with Gasteiger partial charge in [0.2, 0.25) is 0 Å². The van der Waals surface area contributed by atoms with Crippen LogP contribution in [0.15, 0.2) is 48.7 Å². The SMILES string of the molecule is COc1ccc([C@H]2C[C@@H](C(F)(F)F)n3ncc(C(=O)Nc4ccccc4Cl)c3N2)cc1OC. The van der Waals surface area contributed by atoms with Crippen LogP contribution in [-0.4, -0.2) is 36.1 Å². The molecule has 7 nitrogen and oxygen atoms in total. The molecule has 2 atom stereocenters. The fraction of sp³-hybridized carbons (Fsp3) is 0.273. The molecule has 2 N–H and O–H groups in total. The van der Waals surface area contributed by atoms with Crippen molar-refractivity contribution in [1.29, 1.82) is 0 Å². The molecule has 0 bridgehead atoms. The predicted molar refractivity (Wildman–Crippen MR) is 117 cm³/mol. The van der Waals surface area contributed by atoms with Crippen LogP contribution in [0.25, 0.3) is 0 Å². The number of anilines is 2. The largest absolute Gasteiger partial charge is 0.493 e. The van der Waals surface area contributed by atoms with Gasteiger partial charge in [-0.05, 0) is 29.8 Å². The number of aromatic nitrogens is 2. The Bertz CT molecular complexity index is 1180. The molecule has 11 heteroatoms. The molecule has 0 saturated heterocycles. The second kappa shape index (κ2) is 8.86. The Labute approximate surface area is 192 Å². The van der Waals surface area contributed by atoms with Crippen molar-refractivity contribution in [2.45, 2.75) is 24.7 Å². The molecule has 33 heavy (non-hydrogen) atoms. The van der Waals surface area contributed by atoms with Crippen LogP contribution in [0.5, 0.6) is 11.5 Å². The second-order valence-electron chi connectivity index (χ2n) is 7.39. The fourth-order valence-electron chi connectivity index (χ4n) is 3.77. The van der Waals surface area contributed by atoms with E-state index in [0.29, 0.717) is 27.8 Å². The standard InChI is InChI=1S/C22H20ClF3N4O3/c1-32-17-8-7-12(9-18(17)33-2)16-10-19(22(24,25)26)30-20(28-16)13(11-27-30)21(31)29-15-6-4-3-5-14(15)23/h3-9,11,16,19,28H,10H2,1-2H3,(H,29,31)/t16-,19+/m1/s1. The number of amides is 1. The van der Waals surface area contributed by atoms with E-state index in [9.17, 15) is 18.0 Å². The first-order valence-electron chi connectivity index (χ1n) is 9.91. The molecule has 0 fully saturated rings. The summed E-state index contributed by atoms with van der Waals surface area (Å²) in [5.74, 6) is 0.170. The molecule has 0 aliphatic carbocycles. The van der Waals surface area contributed by atoms with Gasteiger partial charge in [0.05, 0.1) is 37.2 Å². The average molecular weight is 481 g/mol. The van der Waals surface area contributed by atoms with Crippen molar-refractivity contribution in [3.8, 4) is 11.5 Å². The van der Waals surface area contributed by atoms with Gasteiger partial charge >= 0.3 is 6.18 Å². The first-order chi connectivity index (χ1) is 15.7. The minimum Gasteiger partial charge on any atom is -0.493 e. The number of methoxy groups -OCH3 is 2. The molecule has 0 saturated carbocycles. The van der Waals surface area contributed by atoms with Gasteiger partial charge in [-0.1, -0.05) is 29.8 Å². The van der Waals surface area contributed by atoms with E-state index in [0.717, 1.165) is 10.9 Å². The lowest BCUT2D eigenvalue weighted by Gasteiger charge is -2.34. The van der Waals surface area contributed by atoms with E-state index in [-0.39, 0.29) is 17.8 Å². The molecule has 174 valence electrons. The van der Waals surface area contributed by atoms with E-state index in [2.05, 4.69) is 15.7 Å². The number of benzene rings is 2. The minimum atomic E-state index is -4.58. The van der Waals surface area contributed by atoms with Gasteiger partial charge in [0, 0.05) is 6.42 Å². The van der Waals surface area contributed by atoms with E-state index < -0.39 is 24.2 Å². The predicted octanol–water partition coefficient (Wildman–Crippen LogP) is 5.47. The number of alkyl halides is 3. The van der Waals surface area contributed by atoms with Crippen molar-refractivity contribution in [3.63, 3.8) is 0 Å². The van der Waals surface area contributed by atoms with Crippen molar-refractivity contribution in [2.75, 3.05) is 24.9 Å². The van der Waals surface area contributed by atoms with Crippen LogP contribution in [0.3, 0.4) is 0 Å². The maximum Gasteiger partial charge on any atom is 0.410 e. The van der Waals surface area contributed by atoms with Gasteiger partial charge < -0.3 is 20.1 Å². The maximum atomic E-state index is 13.9. The van der Waals surface area contributed by atoms with E-state index in [1.165, 1.54) is 14.2 Å². The number of carbonyl (C=O) groups is 1. The number of hydrogen-bond donors (Lipinski definition) is 2. The Balaban J connectivity index is 1.71. The van der Waals surface area contributed by atoms with Crippen LogP contribution in [0.2, 0.25) is 5.02 Å². The molecule has 0 unspecified atom stereocenters. The summed E-state index contributed by atoms with van der Waals surface area (Å²) in [6.07, 6.45) is -3.78.